The molecule has 7 nitrogen and oxygen atoms in total. The van der Waals surface area contributed by atoms with Crippen molar-refractivity contribution in [3.63, 3.8) is 0 Å². The van der Waals surface area contributed by atoms with Gasteiger partial charge in [-0.1, -0.05) is 42.4 Å². The van der Waals surface area contributed by atoms with E-state index in [9.17, 15) is 9.90 Å². The third-order valence-electron chi connectivity index (χ3n) is 6.27. The van der Waals surface area contributed by atoms with Crippen molar-refractivity contribution in [1.29, 1.82) is 0 Å². The molecule has 178 valence electrons. The molecular formula is C26H23ClFN5O2. The summed E-state index contributed by atoms with van der Waals surface area (Å²) in [6.45, 7) is 5.58. The minimum absolute atomic E-state index is 0.0143. The maximum atomic E-state index is 16.2. The second kappa shape index (κ2) is 9.03. The van der Waals surface area contributed by atoms with Gasteiger partial charge in [-0.25, -0.2) is 9.37 Å². The number of halogens is 2. The number of amides is 1. The summed E-state index contributed by atoms with van der Waals surface area (Å²) in [6, 6.07) is 12.2. The normalized spacial score (nSPS) is 13.9. The molecule has 5 rings (SSSR count). The Labute approximate surface area is 206 Å². The van der Waals surface area contributed by atoms with Crippen LogP contribution in [0.3, 0.4) is 0 Å². The molecule has 4 aromatic rings. The number of piperazine rings is 1. The van der Waals surface area contributed by atoms with E-state index in [1.54, 1.807) is 24.1 Å². The Balaban J connectivity index is 1.68. The third-order valence-corrected chi connectivity index (χ3v) is 6.57. The Morgan fingerprint density at radius 2 is 1.89 bits per heavy atom. The summed E-state index contributed by atoms with van der Waals surface area (Å²) in [5.41, 5.74) is 0.767. The summed E-state index contributed by atoms with van der Waals surface area (Å²) >= 11 is 6.69. The molecule has 0 unspecified atom stereocenters. The summed E-state index contributed by atoms with van der Waals surface area (Å²) in [7, 11) is 1.67. The minimum Gasteiger partial charge on any atom is -0.508 e. The zero-order valence-electron chi connectivity index (χ0n) is 19.1. The first-order valence-corrected chi connectivity index (χ1v) is 11.5. The Hall–Kier alpha value is -3.91. The van der Waals surface area contributed by atoms with E-state index >= 15 is 4.39 Å². The monoisotopic (exact) mass is 491 g/mol. The number of rotatable bonds is 4. The summed E-state index contributed by atoms with van der Waals surface area (Å²) in [5, 5.41) is 15.4. The summed E-state index contributed by atoms with van der Waals surface area (Å²) in [4.78, 5) is 24.7. The van der Waals surface area contributed by atoms with Crippen LogP contribution >= 0.6 is 11.6 Å². The number of aromatic hydroxyl groups is 1. The molecule has 0 aliphatic carbocycles. The van der Waals surface area contributed by atoms with Gasteiger partial charge < -0.3 is 20.2 Å². The lowest BCUT2D eigenvalue weighted by Crippen LogP contribution is -2.48. The van der Waals surface area contributed by atoms with Gasteiger partial charge in [-0.05, 0) is 40.6 Å². The number of aromatic nitrogens is 2. The maximum Gasteiger partial charge on any atom is 0.246 e. The van der Waals surface area contributed by atoms with Crippen molar-refractivity contribution in [3.05, 3.63) is 66.0 Å². The van der Waals surface area contributed by atoms with Crippen LogP contribution in [0.4, 0.5) is 16.2 Å². The fourth-order valence-corrected chi connectivity index (χ4v) is 4.84. The zero-order chi connectivity index (χ0) is 24.7. The van der Waals surface area contributed by atoms with Crippen LogP contribution in [0.2, 0.25) is 5.02 Å². The molecule has 2 heterocycles. The van der Waals surface area contributed by atoms with Gasteiger partial charge in [0.1, 0.15) is 17.1 Å². The van der Waals surface area contributed by atoms with Crippen LogP contribution in [-0.4, -0.2) is 59.1 Å². The highest BCUT2D eigenvalue weighted by molar-refractivity contribution is 6.35. The van der Waals surface area contributed by atoms with Crippen LogP contribution in [0.5, 0.6) is 5.75 Å². The van der Waals surface area contributed by atoms with Gasteiger partial charge in [-0.15, -0.1) is 0 Å². The van der Waals surface area contributed by atoms with Crippen molar-refractivity contribution in [1.82, 2.24) is 14.9 Å². The molecule has 0 spiro atoms. The largest absolute Gasteiger partial charge is 0.508 e. The first kappa shape index (κ1) is 22.9. The highest BCUT2D eigenvalue weighted by Gasteiger charge is 2.26. The first-order valence-electron chi connectivity index (χ1n) is 11.2. The smallest absolute Gasteiger partial charge is 0.246 e. The summed E-state index contributed by atoms with van der Waals surface area (Å²) in [5.74, 6) is 0.109. The van der Waals surface area contributed by atoms with Gasteiger partial charge in [0, 0.05) is 44.2 Å². The number of phenolic OH excluding ortho intramolecular Hbond substituents is 1. The lowest BCUT2D eigenvalue weighted by Gasteiger charge is -2.35. The van der Waals surface area contributed by atoms with Gasteiger partial charge in [0.05, 0.1) is 5.02 Å². The van der Waals surface area contributed by atoms with Crippen molar-refractivity contribution < 1.29 is 14.3 Å². The quantitative estimate of drug-likeness (QED) is 0.398. The number of nitrogens with one attached hydrogen (secondary N) is 1. The van der Waals surface area contributed by atoms with E-state index in [0.29, 0.717) is 42.9 Å². The summed E-state index contributed by atoms with van der Waals surface area (Å²) < 4.78 is 16.2. The molecular weight excluding hydrogens is 469 g/mol. The zero-order valence-corrected chi connectivity index (χ0v) is 19.8. The van der Waals surface area contributed by atoms with Crippen molar-refractivity contribution in [2.75, 3.05) is 43.4 Å². The number of hydrogen-bond donors (Lipinski definition) is 2. The molecule has 1 aliphatic heterocycles. The number of anilines is 2. The van der Waals surface area contributed by atoms with Crippen LogP contribution in [0.1, 0.15) is 0 Å². The molecule has 0 radical (unpaired) electrons. The Morgan fingerprint density at radius 3 is 2.60 bits per heavy atom. The van der Waals surface area contributed by atoms with Gasteiger partial charge in [0.2, 0.25) is 11.9 Å². The van der Waals surface area contributed by atoms with E-state index in [1.807, 2.05) is 29.2 Å². The van der Waals surface area contributed by atoms with Gasteiger partial charge >= 0.3 is 0 Å². The second-order valence-corrected chi connectivity index (χ2v) is 8.70. The van der Waals surface area contributed by atoms with E-state index in [2.05, 4.69) is 21.9 Å². The van der Waals surface area contributed by atoms with Crippen LogP contribution in [-0.2, 0) is 4.79 Å². The van der Waals surface area contributed by atoms with Gasteiger partial charge in [-0.2, -0.15) is 4.98 Å². The standard InChI is InChI=1S/C26H23ClFN5O2/c1-3-21(35)32-8-10-33(11-9-32)25-19-14-20(27)22(23(28)24(19)30-26(29-2)31-25)18-13-16(34)12-15-6-4-5-7-17(15)18/h3-7,12-14,34H,1,8-11H2,2H3,(H,29,30,31). The van der Waals surface area contributed by atoms with Crippen LogP contribution in [0, 0.1) is 5.82 Å². The lowest BCUT2D eigenvalue weighted by atomic mass is 9.96. The lowest BCUT2D eigenvalue weighted by molar-refractivity contribution is -0.126. The van der Waals surface area contributed by atoms with Crippen molar-refractivity contribution in [2.45, 2.75) is 0 Å². The van der Waals surface area contributed by atoms with E-state index in [1.165, 1.54) is 12.1 Å². The number of benzene rings is 3. The van der Waals surface area contributed by atoms with Crippen molar-refractivity contribution >= 4 is 50.9 Å². The predicted molar refractivity (Wildman–Crippen MR) is 138 cm³/mol. The average Bonchev–Trinajstić information content (AvgIpc) is 2.87. The average molecular weight is 492 g/mol. The predicted octanol–water partition coefficient (Wildman–Crippen LogP) is 4.82. The highest BCUT2D eigenvalue weighted by Crippen LogP contribution is 2.42. The SMILES string of the molecule is C=CC(=O)N1CCN(c2nc(NC)nc3c(F)c(-c4cc(O)cc5ccccc45)c(Cl)cc23)CC1. The van der Waals surface area contributed by atoms with E-state index in [-0.39, 0.29) is 33.7 Å². The molecule has 1 fully saturated rings. The Morgan fingerprint density at radius 1 is 1.14 bits per heavy atom. The molecule has 0 bridgehead atoms. The number of hydrogen-bond acceptors (Lipinski definition) is 6. The van der Waals surface area contributed by atoms with Crippen LogP contribution < -0.4 is 10.2 Å². The Bertz CT molecular complexity index is 1480. The molecule has 3 aromatic carbocycles. The van der Waals surface area contributed by atoms with E-state index in [0.717, 1.165) is 10.8 Å². The van der Waals surface area contributed by atoms with E-state index < -0.39 is 5.82 Å². The fourth-order valence-electron chi connectivity index (χ4n) is 4.55. The topological polar surface area (TPSA) is 81.6 Å². The van der Waals surface area contributed by atoms with E-state index in [4.69, 9.17) is 11.6 Å². The minimum atomic E-state index is -0.594. The Kier molecular flexibility index (Phi) is 5.90. The van der Waals surface area contributed by atoms with Gasteiger partial charge in [0.15, 0.2) is 5.82 Å². The van der Waals surface area contributed by atoms with Crippen molar-refractivity contribution in [2.24, 2.45) is 0 Å². The number of phenols is 1. The molecule has 9 heteroatoms. The van der Waals surface area contributed by atoms with Crippen LogP contribution in [0.15, 0.2) is 55.1 Å². The van der Waals surface area contributed by atoms with Crippen molar-refractivity contribution in [3.8, 4) is 16.9 Å². The number of fused-ring (bicyclic) bond motifs is 2. The number of carbonyl (C=O) groups is 1. The molecule has 2 N–H and O–H groups in total. The number of nitrogens with zero attached hydrogens (tertiary/aromatic N) is 4. The van der Waals surface area contributed by atoms with Gasteiger partial charge in [-0.3, -0.25) is 4.79 Å². The third kappa shape index (κ3) is 4.00. The van der Waals surface area contributed by atoms with Crippen LogP contribution in [0.25, 0.3) is 32.8 Å². The molecule has 1 aliphatic rings. The summed E-state index contributed by atoms with van der Waals surface area (Å²) in [6.07, 6.45) is 1.30. The highest BCUT2D eigenvalue weighted by atomic mass is 35.5. The second-order valence-electron chi connectivity index (χ2n) is 8.30. The molecule has 1 amide bonds. The first-order chi connectivity index (χ1) is 16.9. The fraction of sp³-hybridized carbons (Fsp3) is 0.192. The molecule has 1 saturated heterocycles. The maximum absolute atomic E-state index is 16.2. The molecule has 0 atom stereocenters. The molecule has 35 heavy (non-hydrogen) atoms. The van der Waals surface area contributed by atoms with Gasteiger partial charge in [0.25, 0.3) is 0 Å². The number of carbonyl (C=O) groups excluding carboxylic acids is 1. The molecule has 1 aromatic heterocycles. The molecule has 0 saturated carbocycles.